The number of benzene rings is 1. The molecule has 0 aliphatic heterocycles. The number of alkyl carbamates (subject to hydrolysis) is 1. The zero-order valence-electron chi connectivity index (χ0n) is 17.3. The van der Waals surface area contributed by atoms with Gasteiger partial charge in [-0.15, -0.1) is 0 Å². The van der Waals surface area contributed by atoms with Gasteiger partial charge in [0.05, 0.1) is 6.04 Å². The highest BCUT2D eigenvalue weighted by molar-refractivity contribution is 6.35. The Morgan fingerprint density at radius 1 is 0.897 bits per heavy atom. The SMILES string of the molecule is CC(C)C[C@H](NC(=O)OCc1ccccc1)C(=O)N[C@@H](CC(C)C)C(=O)C(=O)O. The highest BCUT2D eigenvalue weighted by atomic mass is 16.5. The average Bonchev–Trinajstić information content (AvgIpc) is 2.64. The van der Waals surface area contributed by atoms with Crippen molar-refractivity contribution in [2.75, 3.05) is 0 Å². The molecular formula is C21H30N2O6. The zero-order chi connectivity index (χ0) is 22.0. The van der Waals surface area contributed by atoms with Crippen molar-refractivity contribution in [2.24, 2.45) is 11.8 Å². The second-order valence-electron chi connectivity index (χ2n) is 7.75. The molecule has 0 unspecified atom stereocenters. The van der Waals surface area contributed by atoms with E-state index in [2.05, 4.69) is 10.6 Å². The number of hydrogen-bond acceptors (Lipinski definition) is 5. The lowest BCUT2D eigenvalue weighted by molar-refractivity contribution is -0.150. The van der Waals surface area contributed by atoms with Crippen LogP contribution in [0.1, 0.15) is 46.1 Å². The highest BCUT2D eigenvalue weighted by Gasteiger charge is 2.31. The van der Waals surface area contributed by atoms with Crippen molar-refractivity contribution in [1.29, 1.82) is 0 Å². The van der Waals surface area contributed by atoms with Gasteiger partial charge in [-0.1, -0.05) is 58.0 Å². The molecule has 8 nitrogen and oxygen atoms in total. The molecule has 0 aromatic heterocycles. The molecule has 0 fully saturated rings. The van der Waals surface area contributed by atoms with Crippen LogP contribution in [0, 0.1) is 11.8 Å². The minimum Gasteiger partial charge on any atom is -0.475 e. The quantitative estimate of drug-likeness (QED) is 0.486. The van der Waals surface area contributed by atoms with Crippen molar-refractivity contribution >= 4 is 23.8 Å². The standard InChI is InChI=1S/C21H30N2O6/c1-13(2)10-16(18(24)20(26)27)22-19(25)17(11-14(3)4)23-21(28)29-12-15-8-6-5-7-9-15/h5-9,13-14,16-17H,10-12H2,1-4H3,(H,22,25)(H,23,28)(H,26,27)/t16-,17-/m0/s1. The van der Waals surface area contributed by atoms with Crippen LogP contribution in [0.4, 0.5) is 4.79 Å². The van der Waals surface area contributed by atoms with Crippen molar-refractivity contribution in [2.45, 2.75) is 59.2 Å². The van der Waals surface area contributed by atoms with Crippen LogP contribution >= 0.6 is 0 Å². The first kappa shape index (κ1) is 24.1. The average molecular weight is 406 g/mol. The molecule has 160 valence electrons. The van der Waals surface area contributed by atoms with Crippen LogP contribution in [-0.4, -0.2) is 40.9 Å². The number of amides is 2. The molecule has 0 bridgehead atoms. The van der Waals surface area contributed by atoms with Crippen LogP contribution in [0.3, 0.4) is 0 Å². The van der Waals surface area contributed by atoms with Crippen LogP contribution < -0.4 is 10.6 Å². The van der Waals surface area contributed by atoms with Gasteiger partial charge in [0, 0.05) is 0 Å². The number of carbonyl (C=O) groups is 4. The number of ether oxygens (including phenoxy) is 1. The molecule has 0 aliphatic carbocycles. The van der Waals surface area contributed by atoms with E-state index >= 15 is 0 Å². The van der Waals surface area contributed by atoms with Crippen molar-refractivity contribution in [3.05, 3.63) is 35.9 Å². The van der Waals surface area contributed by atoms with Gasteiger partial charge < -0.3 is 20.5 Å². The third-order valence-corrected chi connectivity index (χ3v) is 4.08. The Morgan fingerprint density at radius 3 is 1.97 bits per heavy atom. The van der Waals surface area contributed by atoms with Crippen LogP contribution in [-0.2, 0) is 25.7 Å². The summed E-state index contributed by atoms with van der Waals surface area (Å²) in [5, 5.41) is 14.0. The Hall–Kier alpha value is -2.90. The lowest BCUT2D eigenvalue weighted by Gasteiger charge is -2.23. The van der Waals surface area contributed by atoms with E-state index in [0.29, 0.717) is 6.42 Å². The van der Waals surface area contributed by atoms with Gasteiger partial charge >= 0.3 is 12.1 Å². The molecule has 2 atom stereocenters. The molecule has 0 radical (unpaired) electrons. The Labute approximate surface area is 171 Å². The molecular weight excluding hydrogens is 376 g/mol. The molecule has 29 heavy (non-hydrogen) atoms. The molecule has 2 amide bonds. The topological polar surface area (TPSA) is 122 Å². The van der Waals surface area contributed by atoms with E-state index in [9.17, 15) is 19.2 Å². The number of carboxylic acid groups (broad SMARTS) is 1. The Balaban J connectivity index is 2.78. The van der Waals surface area contributed by atoms with E-state index in [1.54, 1.807) is 12.1 Å². The minimum atomic E-state index is -1.61. The summed E-state index contributed by atoms with van der Waals surface area (Å²) in [6.45, 7) is 7.45. The Morgan fingerprint density at radius 2 is 1.45 bits per heavy atom. The van der Waals surface area contributed by atoms with Gasteiger partial charge in [-0.05, 0) is 30.2 Å². The maximum atomic E-state index is 12.7. The molecule has 1 rings (SSSR count). The summed E-state index contributed by atoms with van der Waals surface area (Å²) in [6, 6.07) is 6.99. The normalized spacial score (nSPS) is 12.9. The second kappa shape index (κ2) is 11.8. The number of aliphatic carboxylic acids is 1. The molecule has 3 N–H and O–H groups in total. The summed E-state index contributed by atoms with van der Waals surface area (Å²) < 4.78 is 5.15. The predicted molar refractivity (Wildman–Crippen MR) is 107 cm³/mol. The monoisotopic (exact) mass is 406 g/mol. The van der Waals surface area contributed by atoms with Crippen molar-refractivity contribution in [1.82, 2.24) is 10.6 Å². The van der Waals surface area contributed by atoms with Crippen molar-refractivity contribution < 1.29 is 29.0 Å². The molecule has 0 aliphatic rings. The fourth-order valence-corrected chi connectivity index (χ4v) is 2.73. The van der Waals surface area contributed by atoms with E-state index in [1.165, 1.54) is 0 Å². The van der Waals surface area contributed by atoms with E-state index in [-0.39, 0.29) is 24.9 Å². The largest absolute Gasteiger partial charge is 0.475 e. The third-order valence-electron chi connectivity index (χ3n) is 4.08. The lowest BCUT2D eigenvalue weighted by atomic mass is 9.98. The molecule has 1 aromatic carbocycles. The zero-order valence-corrected chi connectivity index (χ0v) is 17.3. The number of carbonyl (C=O) groups excluding carboxylic acids is 3. The smallest absolute Gasteiger partial charge is 0.408 e. The van der Waals surface area contributed by atoms with E-state index in [1.807, 2.05) is 45.9 Å². The van der Waals surface area contributed by atoms with Crippen LogP contribution in [0.15, 0.2) is 30.3 Å². The Bertz CT molecular complexity index is 702. The van der Waals surface area contributed by atoms with Gasteiger partial charge in [0.1, 0.15) is 12.6 Å². The van der Waals surface area contributed by atoms with Crippen LogP contribution in [0.5, 0.6) is 0 Å². The predicted octanol–water partition coefficient (Wildman–Crippen LogP) is 2.51. The summed E-state index contributed by atoms with van der Waals surface area (Å²) in [5.41, 5.74) is 0.802. The van der Waals surface area contributed by atoms with Crippen LogP contribution in [0.25, 0.3) is 0 Å². The first-order valence-corrected chi connectivity index (χ1v) is 9.64. The van der Waals surface area contributed by atoms with E-state index in [0.717, 1.165) is 5.56 Å². The summed E-state index contributed by atoms with van der Waals surface area (Å²) in [7, 11) is 0. The summed E-state index contributed by atoms with van der Waals surface area (Å²) in [6.07, 6.45) is -0.273. The third kappa shape index (κ3) is 9.23. The molecule has 1 aromatic rings. The summed E-state index contributed by atoms with van der Waals surface area (Å²) in [4.78, 5) is 47.8. The van der Waals surface area contributed by atoms with Gasteiger partial charge in [0.15, 0.2) is 0 Å². The number of nitrogens with one attached hydrogen (secondary N) is 2. The number of Topliss-reactive ketones (excluding diaryl/α,β-unsaturated/α-hetero) is 1. The molecule has 0 saturated carbocycles. The number of carboxylic acids is 1. The molecule has 0 saturated heterocycles. The first-order valence-electron chi connectivity index (χ1n) is 9.64. The van der Waals surface area contributed by atoms with Gasteiger partial charge in [-0.2, -0.15) is 0 Å². The fraction of sp³-hybridized carbons (Fsp3) is 0.524. The Kier molecular flexibility index (Phi) is 9.85. The van der Waals surface area contributed by atoms with Gasteiger partial charge in [0.25, 0.3) is 5.78 Å². The van der Waals surface area contributed by atoms with Gasteiger partial charge in [0.2, 0.25) is 5.91 Å². The van der Waals surface area contributed by atoms with Crippen LogP contribution in [0.2, 0.25) is 0 Å². The summed E-state index contributed by atoms with van der Waals surface area (Å²) >= 11 is 0. The minimum absolute atomic E-state index is 0.00375. The maximum Gasteiger partial charge on any atom is 0.408 e. The fourth-order valence-electron chi connectivity index (χ4n) is 2.73. The maximum absolute atomic E-state index is 12.7. The number of hydrogen-bond donors (Lipinski definition) is 3. The molecule has 0 heterocycles. The van der Waals surface area contributed by atoms with E-state index < -0.39 is 35.8 Å². The van der Waals surface area contributed by atoms with Gasteiger partial charge in [-0.3, -0.25) is 9.59 Å². The molecule has 0 spiro atoms. The van der Waals surface area contributed by atoms with Crippen molar-refractivity contribution in [3.8, 4) is 0 Å². The first-order chi connectivity index (χ1) is 13.6. The highest BCUT2D eigenvalue weighted by Crippen LogP contribution is 2.10. The van der Waals surface area contributed by atoms with E-state index in [4.69, 9.17) is 9.84 Å². The number of rotatable bonds is 11. The lowest BCUT2D eigenvalue weighted by Crippen LogP contribution is -2.53. The van der Waals surface area contributed by atoms with Crippen molar-refractivity contribution in [3.63, 3.8) is 0 Å². The van der Waals surface area contributed by atoms with Gasteiger partial charge in [-0.25, -0.2) is 9.59 Å². The molecule has 8 heteroatoms. The number of ketones is 1. The second-order valence-corrected chi connectivity index (χ2v) is 7.75. The summed E-state index contributed by atoms with van der Waals surface area (Å²) in [5.74, 6) is -3.24.